The molecule has 26 heavy (non-hydrogen) atoms. The minimum atomic E-state index is -0.438. The van der Waals surface area contributed by atoms with Gasteiger partial charge in [-0.05, 0) is 41.5 Å². The van der Waals surface area contributed by atoms with Crippen LogP contribution in [0.1, 0.15) is 16.7 Å². The molecule has 1 fully saturated rings. The third-order valence-electron chi connectivity index (χ3n) is 4.49. The van der Waals surface area contributed by atoms with Gasteiger partial charge in [0.15, 0.2) is 0 Å². The molecule has 2 aliphatic rings. The second-order valence-corrected chi connectivity index (χ2v) is 7.15. The van der Waals surface area contributed by atoms with Gasteiger partial charge in [0.1, 0.15) is 6.54 Å². The van der Waals surface area contributed by atoms with Gasteiger partial charge in [0.2, 0.25) is 5.91 Å². The molecule has 0 saturated carbocycles. The lowest BCUT2D eigenvalue weighted by Gasteiger charge is -2.29. The number of carbonyl (C=O) groups is 3. The fourth-order valence-corrected chi connectivity index (χ4v) is 3.93. The van der Waals surface area contributed by atoms with E-state index in [1.54, 1.807) is 17.0 Å². The van der Waals surface area contributed by atoms with Gasteiger partial charge in [0.05, 0.1) is 17.4 Å². The Balaban J connectivity index is 1.45. The fraction of sp³-hybridized carbons (Fsp3) is 0.211. The molecule has 1 saturated heterocycles. The Morgan fingerprint density at radius 1 is 1.19 bits per heavy atom. The van der Waals surface area contributed by atoms with Gasteiger partial charge in [0.25, 0.3) is 11.1 Å². The first-order valence-corrected chi connectivity index (χ1v) is 9.05. The summed E-state index contributed by atoms with van der Waals surface area (Å²) in [4.78, 5) is 40.3. The van der Waals surface area contributed by atoms with E-state index in [-0.39, 0.29) is 12.5 Å². The first-order valence-electron chi connectivity index (χ1n) is 8.24. The van der Waals surface area contributed by atoms with Crippen molar-refractivity contribution in [2.75, 3.05) is 13.1 Å². The molecule has 0 unspecified atom stereocenters. The van der Waals surface area contributed by atoms with E-state index >= 15 is 0 Å². The highest BCUT2D eigenvalue weighted by atomic mass is 32.2. The van der Waals surface area contributed by atoms with Crippen molar-refractivity contribution < 1.29 is 18.8 Å². The molecule has 2 aromatic rings. The van der Waals surface area contributed by atoms with Crippen LogP contribution >= 0.6 is 11.8 Å². The van der Waals surface area contributed by atoms with Crippen molar-refractivity contribution in [3.05, 3.63) is 64.5 Å². The van der Waals surface area contributed by atoms with Crippen LogP contribution in [0.3, 0.4) is 0 Å². The molecule has 132 valence electrons. The molecule has 4 rings (SSSR count). The largest absolute Gasteiger partial charge is 0.472 e. The fourth-order valence-electron chi connectivity index (χ4n) is 3.09. The molecule has 6 nitrogen and oxygen atoms in total. The number of thioether (sulfide) groups is 1. The summed E-state index contributed by atoms with van der Waals surface area (Å²) in [5.74, 6) is -0.654. The summed E-state index contributed by atoms with van der Waals surface area (Å²) in [5.41, 5.74) is 3.06. The van der Waals surface area contributed by atoms with E-state index in [0.29, 0.717) is 23.6 Å². The van der Waals surface area contributed by atoms with Crippen molar-refractivity contribution in [1.82, 2.24) is 9.80 Å². The highest BCUT2D eigenvalue weighted by molar-refractivity contribution is 8.18. The van der Waals surface area contributed by atoms with Crippen LogP contribution in [-0.4, -0.2) is 39.9 Å². The summed E-state index contributed by atoms with van der Waals surface area (Å²) in [6, 6.07) is 9.70. The first-order chi connectivity index (χ1) is 12.6. The normalized spacial score (nSPS) is 18.5. The molecule has 0 aliphatic carbocycles. The van der Waals surface area contributed by atoms with E-state index in [4.69, 9.17) is 4.42 Å². The van der Waals surface area contributed by atoms with Crippen LogP contribution in [0.4, 0.5) is 4.79 Å². The Hall–Kier alpha value is -2.80. The van der Waals surface area contributed by atoms with Crippen LogP contribution in [0.15, 0.2) is 52.2 Å². The molecule has 0 spiro atoms. The molecule has 0 radical (unpaired) electrons. The van der Waals surface area contributed by atoms with Gasteiger partial charge in [0, 0.05) is 18.7 Å². The van der Waals surface area contributed by atoms with Crippen LogP contribution in [0, 0.1) is 0 Å². The number of imide groups is 1. The van der Waals surface area contributed by atoms with Gasteiger partial charge >= 0.3 is 0 Å². The van der Waals surface area contributed by atoms with Gasteiger partial charge < -0.3 is 9.32 Å². The summed E-state index contributed by atoms with van der Waals surface area (Å²) >= 11 is 0.843. The smallest absolute Gasteiger partial charge is 0.294 e. The molecule has 1 aromatic heterocycles. The number of fused-ring (bicyclic) bond motifs is 1. The number of rotatable bonds is 3. The molecule has 7 heteroatoms. The van der Waals surface area contributed by atoms with Crippen molar-refractivity contribution in [1.29, 1.82) is 0 Å². The molecule has 3 amide bonds. The SMILES string of the molecule is O=C(CN1C(=O)S/C(=C\c2ccoc2)C1=O)N1CCc2ccccc2C1. The summed E-state index contributed by atoms with van der Waals surface area (Å²) < 4.78 is 4.96. The Morgan fingerprint density at radius 3 is 2.77 bits per heavy atom. The van der Waals surface area contributed by atoms with E-state index < -0.39 is 11.1 Å². The molecule has 2 aliphatic heterocycles. The van der Waals surface area contributed by atoms with Gasteiger partial charge in [-0.2, -0.15) is 0 Å². The molecule has 0 N–H and O–H groups in total. The van der Waals surface area contributed by atoms with Crippen molar-refractivity contribution in [3.63, 3.8) is 0 Å². The van der Waals surface area contributed by atoms with E-state index in [2.05, 4.69) is 6.07 Å². The number of nitrogens with zero attached hydrogens (tertiary/aromatic N) is 2. The minimum Gasteiger partial charge on any atom is -0.472 e. The number of furan rings is 1. The van der Waals surface area contributed by atoms with E-state index in [9.17, 15) is 14.4 Å². The van der Waals surface area contributed by atoms with Crippen LogP contribution in [-0.2, 0) is 22.6 Å². The number of hydrogen-bond acceptors (Lipinski definition) is 5. The van der Waals surface area contributed by atoms with Gasteiger partial charge in [-0.1, -0.05) is 24.3 Å². The lowest BCUT2D eigenvalue weighted by molar-refractivity contribution is -0.136. The van der Waals surface area contributed by atoms with Crippen molar-refractivity contribution >= 4 is 34.9 Å². The van der Waals surface area contributed by atoms with Gasteiger partial charge in [-0.25, -0.2) is 0 Å². The van der Waals surface area contributed by atoms with E-state index in [1.807, 2.05) is 18.2 Å². The topological polar surface area (TPSA) is 70.8 Å². The predicted octanol–water partition coefficient (Wildman–Crippen LogP) is 2.90. The summed E-state index contributed by atoms with van der Waals surface area (Å²) in [6.07, 6.45) is 5.36. The summed E-state index contributed by atoms with van der Waals surface area (Å²) in [5, 5.41) is -0.421. The van der Waals surface area contributed by atoms with Crippen LogP contribution < -0.4 is 0 Å². The van der Waals surface area contributed by atoms with Crippen molar-refractivity contribution in [2.24, 2.45) is 0 Å². The number of benzene rings is 1. The van der Waals surface area contributed by atoms with E-state index in [1.165, 1.54) is 18.1 Å². The lowest BCUT2D eigenvalue weighted by Crippen LogP contribution is -2.44. The number of carbonyl (C=O) groups excluding carboxylic acids is 3. The monoisotopic (exact) mass is 368 g/mol. The third kappa shape index (κ3) is 3.17. The van der Waals surface area contributed by atoms with Crippen LogP contribution in [0.25, 0.3) is 6.08 Å². The second kappa shape index (κ2) is 6.84. The molecule has 1 aromatic carbocycles. The quantitative estimate of drug-likeness (QED) is 0.779. The van der Waals surface area contributed by atoms with Gasteiger partial charge in [-0.3, -0.25) is 19.3 Å². The maximum Gasteiger partial charge on any atom is 0.294 e. The Bertz CT molecular complexity index is 904. The average Bonchev–Trinajstić information content (AvgIpc) is 3.25. The highest BCUT2D eigenvalue weighted by Gasteiger charge is 2.37. The maximum atomic E-state index is 12.6. The van der Waals surface area contributed by atoms with Crippen molar-refractivity contribution in [3.8, 4) is 0 Å². The molecule has 0 atom stereocenters. The van der Waals surface area contributed by atoms with Crippen molar-refractivity contribution in [2.45, 2.75) is 13.0 Å². The Morgan fingerprint density at radius 2 is 2.00 bits per heavy atom. The molecule has 0 bridgehead atoms. The number of hydrogen-bond donors (Lipinski definition) is 0. The molecule has 3 heterocycles. The zero-order valence-corrected chi connectivity index (χ0v) is 14.7. The maximum absolute atomic E-state index is 12.6. The zero-order chi connectivity index (χ0) is 18.1. The lowest BCUT2D eigenvalue weighted by atomic mass is 10.00. The molecular weight excluding hydrogens is 352 g/mol. The zero-order valence-electron chi connectivity index (χ0n) is 13.9. The first kappa shape index (κ1) is 16.7. The third-order valence-corrected chi connectivity index (χ3v) is 5.40. The minimum absolute atomic E-state index is 0.216. The Labute approximate surface area is 154 Å². The van der Waals surface area contributed by atoms with Crippen LogP contribution in [0.5, 0.6) is 0 Å². The average molecular weight is 368 g/mol. The predicted molar refractivity (Wildman–Crippen MR) is 96.9 cm³/mol. The highest BCUT2D eigenvalue weighted by Crippen LogP contribution is 2.32. The Kier molecular flexibility index (Phi) is 4.38. The summed E-state index contributed by atoms with van der Waals surface area (Å²) in [6.45, 7) is 0.878. The number of amides is 3. The summed E-state index contributed by atoms with van der Waals surface area (Å²) in [7, 11) is 0. The van der Waals surface area contributed by atoms with E-state index in [0.717, 1.165) is 28.6 Å². The second-order valence-electron chi connectivity index (χ2n) is 6.16. The standard InChI is InChI=1S/C19H16N2O4S/c22-17(20-7-5-14-3-1-2-4-15(14)10-20)11-21-18(23)16(26-19(21)24)9-13-6-8-25-12-13/h1-4,6,8-9,12H,5,7,10-11H2/b16-9-. The van der Waals surface area contributed by atoms with Gasteiger partial charge in [-0.15, -0.1) is 0 Å². The molecular formula is C19H16N2O4S. The van der Waals surface area contributed by atoms with Crippen LogP contribution in [0.2, 0.25) is 0 Å².